The van der Waals surface area contributed by atoms with Crippen LogP contribution in [0.1, 0.15) is 8.30 Å². The summed E-state index contributed by atoms with van der Waals surface area (Å²) in [5.41, 5.74) is 0.225. The van der Waals surface area contributed by atoms with Crippen LogP contribution >= 0.6 is 0 Å². The van der Waals surface area contributed by atoms with Gasteiger partial charge in [0.15, 0.2) is 0 Å². The molecule has 2 heteroatoms. The van der Waals surface area contributed by atoms with Gasteiger partial charge in [-0.2, -0.15) is 0 Å². The van der Waals surface area contributed by atoms with Crippen LogP contribution in [0.15, 0.2) is 24.3 Å². The predicted octanol–water partition coefficient (Wildman–Crippen LogP) is 1.19. The van der Waals surface area contributed by atoms with Crippen molar-refractivity contribution in [2.45, 2.75) is 6.56 Å². The minimum absolute atomic E-state index is 0.225. The van der Waals surface area contributed by atoms with E-state index in [1.807, 2.05) is 0 Å². The van der Waals surface area contributed by atoms with E-state index in [0.29, 0.717) is 5.75 Å². The molecule has 1 rings (SSSR count). The Morgan fingerprint density at radius 3 is 2.50 bits per heavy atom. The molecule has 0 aromatic heterocycles. The highest BCUT2D eigenvalue weighted by atomic mass is 16.5. The molecule has 0 atom stereocenters. The molecule has 0 saturated carbocycles. The summed E-state index contributed by atoms with van der Waals surface area (Å²) in [5.74, 6) is 0.642. The van der Waals surface area contributed by atoms with Crippen molar-refractivity contribution in [2.75, 3.05) is 7.11 Å². The highest BCUT2D eigenvalue weighted by molar-refractivity contribution is 5.26. The second kappa shape index (κ2) is 3.22. The van der Waals surface area contributed by atoms with Crippen molar-refractivity contribution in [1.29, 1.82) is 0 Å². The topological polar surface area (TPSA) is 29.5 Å². The molecule has 0 unspecified atom stereocenters. The maximum atomic E-state index is 8.95. The Balaban J connectivity index is 2.93. The standard InChI is InChI=1S/C8H10O2/c1-10-8-4-2-7(6-9)3-5-8/h2-5,9H,6H2,1H3/i6D2. The lowest BCUT2D eigenvalue weighted by molar-refractivity contribution is 0.281. The van der Waals surface area contributed by atoms with Gasteiger partial charge in [0.25, 0.3) is 0 Å². The molecule has 0 amide bonds. The quantitative estimate of drug-likeness (QED) is 0.668. The van der Waals surface area contributed by atoms with Crippen molar-refractivity contribution in [1.82, 2.24) is 0 Å². The Kier molecular flexibility index (Phi) is 1.53. The summed E-state index contributed by atoms with van der Waals surface area (Å²) in [4.78, 5) is 0. The molecular weight excluding hydrogens is 128 g/mol. The van der Waals surface area contributed by atoms with E-state index in [2.05, 4.69) is 0 Å². The third-order valence-corrected chi connectivity index (χ3v) is 1.22. The zero-order valence-electron chi connectivity index (χ0n) is 7.66. The van der Waals surface area contributed by atoms with Crippen molar-refractivity contribution >= 4 is 0 Å². The lowest BCUT2D eigenvalue weighted by Crippen LogP contribution is -1.84. The van der Waals surface area contributed by atoms with Crippen molar-refractivity contribution in [3.8, 4) is 5.75 Å². The largest absolute Gasteiger partial charge is 0.497 e. The van der Waals surface area contributed by atoms with Gasteiger partial charge in [0, 0.05) is 0 Å². The Bertz CT molecular complexity index is 251. The number of rotatable bonds is 2. The zero-order valence-corrected chi connectivity index (χ0v) is 5.66. The van der Waals surface area contributed by atoms with Crippen LogP contribution in [0.5, 0.6) is 5.75 Å². The van der Waals surface area contributed by atoms with Crippen molar-refractivity contribution < 1.29 is 12.6 Å². The van der Waals surface area contributed by atoms with Gasteiger partial charge in [0.2, 0.25) is 0 Å². The molecule has 0 bridgehead atoms. The average molecular weight is 140 g/mol. The maximum absolute atomic E-state index is 8.95. The summed E-state index contributed by atoms with van der Waals surface area (Å²) in [6, 6.07) is 6.17. The second-order valence-corrected chi connectivity index (χ2v) is 1.84. The lowest BCUT2D eigenvalue weighted by atomic mass is 10.2. The van der Waals surface area contributed by atoms with Gasteiger partial charge in [-0.1, -0.05) is 12.1 Å². The second-order valence-electron chi connectivity index (χ2n) is 1.84. The van der Waals surface area contributed by atoms with Gasteiger partial charge in [-0.15, -0.1) is 0 Å². The van der Waals surface area contributed by atoms with Crippen LogP contribution in [0.25, 0.3) is 0 Å². The van der Waals surface area contributed by atoms with Gasteiger partial charge < -0.3 is 9.84 Å². The molecule has 0 heterocycles. The summed E-state index contributed by atoms with van der Waals surface area (Å²) < 4.78 is 18.8. The number of hydrogen-bond donors (Lipinski definition) is 1. The Hall–Kier alpha value is -1.02. The molecule has 0 fully saturated rings. The van der Waals surface area contributed by atoms with E-state index >= 15 is 0 Å². The Morgan fingerprint density at radius 1 is 1.50 bits per heavy atom. The summed E-state index contributed by atoms with van der Waals surface area (Å²) in [6.45, 7) is -2.27. The van der Waals surface area contributed by atoms with Crippen LogP contribution in [-0.2, 0) is 6.56 Å². The first-order valence-electron chi connectivity index (χ1n) is 3.91. The third-order valence-electron chi connectivity index (χ3n) is 1.22. The average Bonchev–Trinajstić information content (AvgIpc) is 2.03. The number of hydrogen-bond acceptors (Lipinski definition) is 2. The molecule has 0 spiro atoms. The molecule has 0 aliphatic heterocycles. The minimum atomic E-state index is -2.27. The van der Waals surface area contributed by atoms with Crippen LogP contribution < -0.4 is 4.74 Å². The Labute approximate surface area is 62.9 Å². The van der Waals surface area contributed by atoms with Crippen LogP contribution in [0.2, 0.25) is 0 Å². The third kappa shape index (κ3) is 1.48. The fraction of sp³-hybridized carbons (Fsp3) is 0.250. The predicted molar refractivity (Wildman–Crippen MR) is 38.9 cm³/mol. The first-order valence-corrected chi connectivity index (χ1v) is 2.91. The van der Waals surface area contributed by atoms with Gasteiger partial charge in [-0.3, -0.25) is 0 Å². The Morgan fingerprint density at radius 2 is 2.10 bits per heavy atom. The first kappa shape index (κ1) is 4.74. The van der Waals surface area contributed by atoms with E-state index < -0.39 is 6.56 Å². The summed E-state index contributed by atoms with van der Waals surface area (Å²) in [7, 11) is 1.53. The molecular formula is C8H10O2. The maximum Gasteiger partial charge on any atom is 0.118 e. The van der Waals surface area contributed by atoms with E-state index in [1.165, 1.54) is 19.2 Å². The van der Waals surface area contributed by atoms with Crippen LogP contribution in [0.3, 0.4) is 0 Å². The van der Waals surface area contributed by atoms with E-state index in [4.69, 9.17) is 12.6 Å². The normalized spacial score (nSPS) is 13.8. The number of methoxy groups -OCH3 is 1. The molecule has 2 nitrogen and oxygen atoms in total. The minimum Gasteiger partial charge on any atom is -0.497 e. The van der Waals surface area contributed by atoms with E-state index in [1.54, 1.807) is 12.1 Å². The van der Waals surface area contributed by atoms with Gasteiger partial charge in [0.1, 0.15) is 5.75 Å². The van der Waals surface area contributed by atoms with E-state index in [0.717, 1.165) is 0 Å². The summed E-state index contributed by atoms with van der Waals surface area (Å²) in [5, 5.41) is 8.95. The number of benzene rings is 1. The van der Waals surface area contributed by atoms with Gasteiger partial charge in [0.05, 0.1) is 16.4 Å². The molecule has 0 aliphatic rings. The zero-order chi connectivity index (χ0) is 9.19. The van der Waals surface area contributed by atoms with E-state index in [9.17, 15) is 0 Å². The smallest absolute Gasteiger partial charge is 0.118 e. The summed E-state index contributed by atoms with van der Waals surface area (Å²) in [6.07, 6.45) is 0. The fourth-order valence-corrected chi connectivity index (χ4v) is 0.666. The number of ether oxygens (including phenoxy) is 1. The van der Waals surface area contributed by atoms with Gasteiger partial charge in [-0.25, -0.2) is 0 Å². The first-order chi connectivity index (χ1) is 5.54. The summed E-state index contributed by atoms with van der Waals surface area (Å²) >= 11 is 0. The molecule has 0 radical (unpaired) electrons. The van der Waals surface area contributed by atoms with Crippen molar-refractivity contribution in [3.63, 3.8) is 0 Å². The lowest BCUT2D eigenvalue weighted by Gasteiger charge is -1.98. The highest BCUT2D eigenvalue weighted by Gasteiger charge is 1.89. The molecule has 0 saturated heterocycles. The molecule has 1 aromatic carbocycles. The highest BCUT2D eigenvalue weighted by Crippen LogP contribution is 2.10. The van der Waals surface area contributed by atoms with Gasteiger partial charge in [-0.05, 0) is 17.7 Å². The number of aliphatic hydroxyl groups is 1. The van der Waals surface area contributed by atoms with Crippen molar-refractivity contribution in [3.05, 3.63) is 29.8 Å². The SMILES string of the molecule is [2H]C([2H])(O)c1ccc(OC)cc1. The van der Waals surface area contributed by atoms with Crippen LogP contribution in [-0.4, -0.2) is 12.2 Å². The van der Waals surface area contributed by atoms with Crippen LogP contribution in [0, 0.1) is 0 Å². The molecule has 0 aliphatic carbocycles. The molecule has 54 valence electrons. The molecule has 1 aromatic rings. The van der Waals surface area contributed by atoms with Gasteiger partial charge >= 0.3 is 0 Å². The monoisotopic (exact) mass is 140 g/mol. The van der Waals surface area contributed by atoms with E-state index in [-0.39, 0.29) is 5.56 Å². The molecule has 10 heavy (non-hydrogen) atoms. The molecule has 1 N–H and O–H groups in total. The van der Waals surface area contributed by atoms with Crippen molar-refractivity contribution in [2.24, 2.45) is 0 Å². The van der Waals surface area contributed by atoms with Crippen LogP contribution in [0.4, 0.5) is 0 Å². The fourth-order valence-electron chi connectivity index (χ4n) is 0.666.